The molecule has 1 aromatic carbocycles. The minimum Gasteiger partial charge on any atom is -0.487 e. The van der Waals surface area contributed by atoms with Crippen LogP contribution in [0.1, 0.15) is 110 Å². The average Bonchev–Trinajstić information content (AvgIpc) is 2.63. The zero-order valence-electron chi connectivity index (χ0n) is 19.6. The summed E-state index contributed by atoms with van der Waals surface area (Å²) in [5.41, 5.74) is 1.64. The molecule has 0 amide bonds. The van der Waals surface area contributed by atoms with Crippen LogP contribution in [0.2, 0.25) is 0 Å². The van der Waals surface area contributed by atoms with E-state index < -0.39 is 0 Å². The molecule has 0 spiro atoms. The smallest absolute Gasteiger partial charge is 0.308 e. The van der Waals surface area contributed by atoms with Crippen LogP contribution in [0, 0.1) is 5.92 Å². The van der Waals surface area contributed by atoms with Gasteiger partial charge in [-0.3, -0.25) is 9.59 Å². The number of esters is 1. The van der Waals surface area contributed by atoms with Crippen LogP contribution in [-0.4, -0.2) is 17.4 Å². The third-order valence-electron chi connectivity index (χ3n) is 7.10. The van der Waals surface area contributed by atoms with Crippen molar-refractivity contribution in [3.63, 3.8) is 0 Å². The minimum atomic E-state index is -0.351. The first-order chi connectivity index (χ1) is 14.0. The Morgan fingerprint density at radius 2 is 1.97 bits per heavy atom. The molecule has 1 fully saturated rings. The van der Waals surface area contributed by atoms with Crippen molar-refractivity contribution >= 4 is 11.8 Å². The van der Waals surface area contributed by atoms with E-state index in [0.29, 0.717) is 18.6 Å². The number of Topliss-reactive ketones (excluding diaryl/α,β-unsaturated/α-hetero) is 1. The van der Waals surface area contributed by atoms with Gasteiger partial charge in [-0.15, -0.1) is 0 Å². The van der Waals surface area contributed by atoms with Crippen molar-refractivity contribution in [2.24, 2.45) is 5.92 Å². The number of carbonyl (C=O) groups is 2. The molecule has 1 aliphatic heterocycles. The van der Waals surface area contributed by atoms with Gasteiger partial charge in [0.15, 0.2) is 0 Å². The summed E-state index contributed by atoms with van der Waals surface area (Å²) in [4.78, 5) is 24.2. The molecule has 0 N–H and O–H groups in total. The molecule has 1 saturated carbocycles. The normalized spacial score (nSPS) is 22.7. The summed E-state index contributed by atoms with van der Waals surface area (Å²) < 4.78 is 12.2. The fraction of sp³-hybridized carbons (Fsp3) is 0.692. The quantitative estimate of drug-likeness (QED) is 0.291. The van der Waals surface area contributed by atoms with Gasteiger partial charge >= 0.3 is 5.97 Å². The second kappa shape index (κ2) is 8.72. The lowest BCUT2D eigenvalue weighted by Gasteiger charge is -2.47. The lowest BCUT2D eigenvalue weighted by molar-refractivity contribution is -0.132. The van der Waals surface area contributed by atoms with E-state index in [-0.39, 0.29) is 34.6 Å². The van der Waals surface area contributed by atoms with Crippen LogP contribution in [0.15, 0.2) is 12.1 Å². The maximum absolute atomic E-state index is 12.3. The lowest BCUT2D eigenvalue weighted by Crippen LogP contribution is -2.47. The number of hydrogen-bond donors (Lipinski definition) is 0. The standard InChI is InChI=1S/C26H38O4/c1-7-8-9-10-13-25(3,4)18-14-22(29-17(2)27)24-20-16-19(28)11-12-21(20)26(5,6)30-23(24)15-18/h14-15,20-21H,7-13,16H2,1-6H3. The molecule has 0 radical (unpaired) electrons. The third-order valence-corrected chi connectivity index (χ3v) is 7.10. The Labute approximate surface area is 181 Å². The van der Waals surface area contributed by atoms with Gasteiger partial charge in [-0.2, -0.15) is 0 Å². The molecule has 166 valence electrons. The van der Waals surface area contributed by atoms with Crippen molar-refractivity contribution in [2.75, 3.05) is 0 Å². The maximum atomic E-state index is 12.3. The Morgan fingerprint density at radius 1 is 1.23 bits per heavy atom. The lowest BCUT2D eigenvalue weighted by atomic mass is 9.66. The first-order valence-electron chi connectivity index (χ1n) is 11.6. The van der Waals surface area contributed by atoms with E-state index in [2.05, 4.69) is 40.7 Å². The Bertz CT molecular complexity index is 805. The summed E-state index contributed by atoms with van der Waals surface area (Å²) in [7, 11) is 0. The summed E-state index contributed by atoms with van der Waals surface area (Å²) >= 11 is 0. The average molecular weight is 415 g/mol. The number of ether oxygens (including phenoxy) is 2. The van der Waals surface area contributed by atoms with E-state index in [9.17, 15) is 9.59 Å². The summed E-state index contributed by atoms with van der Waals surface area (Å²) in [5, 5.41) is 0. The van der Waals surface area contributed by atoms with Gasteiger partial charge in [0.2, 0.25) is 0 Å². The van der Waals surface area contributed by atoms with Gasteiger partial charge in [0.25, 0.3) is 0 Å². The third kappa shape index (κ3) is 4.73. The van der Waals surface area contributed by atoms with Crippen LogP contribution in [0.3, 0.4) is 0 Å². The number of ketones is 1. The number of fused-ring (bicyclic) bond motifs is 3. The van der Waals surface area contributed by atoms with Crippen LogP contribution < -0.4 is 9.47 Å². The first kappa shape index (κ1) is 22.8. The summed E-state index contributed by atoms with van der Waals surface area (Å²) in [6, 6.07) is 4.16. The van der Waals surface area contributed by atoms with Crippen molar-refractivity contribution in [1.29, 1.82) is 0 Å². The van der Waals surface area contributed by atoms with Crippen molar-refractivity contribution in [2.45, 2.75) is 110 Å². The SMILES string of the molecule is CCCCCCC(C)(C)c1cc(OC(C)=O)c2c(c1)OC(C)(C)C1CCC(=O)CC21. The van der Waals surface area contributed by atoms with Crippen LogP contribution in [0.25, 0.3) is 0 Å². The van der Waals surface area contributed by atoms with Gasteiger partial charge in [0, 0.05) is 37.2 Å². The van der Waals surface area contributed by atoms with Gasteiger partial charge in [-0.25, -0.2) is 0 Å². The molecule has 0 saturated heterocycles. The molecule has 1 heterocycles. The van der Waals surface area contributed by atoms with Crippen molar-refractivity contribution in [3.8, 4) is 11.5 Å². The molecule has 30 heavy (non-hydrogen) atoms. The Balaban J connectivity index is 2.04. The van der Waals surface area contributed by atoms with Gasteiger partial charge < -0.3 is 9.47 Å². The fourth-order valence-corrected chi connectivity index (χ4v) is 5.32. The van der Waals surface area contributed by atoms with E-state index in [1.807, 2.05) is 6.07 Å². The zero-order chi connectivity index (χ0) is 22.1. The van der Waals surface area contributed by atoms with E-state index in [4.69, 9.17) is 9.47 Å². The Morgan fingerprint density at radius 3 is 2.63 bits per heavy atom. The summed E-state index contributed by atoms with van der Waals surface area (Å²) in [6.07, 6.45) is 7.88. The van der Waals surface area contributed by atoms with E-state index >= 15 is 0 Å². The maximum Gasteiger partial charge on any atom is 0.308 e. The monoisotopic (exact) mass is 414 g/mol. The van der Waals surface area contributed by atoms with Crippen LogP contribution in [0.5, 0.6) is 11.5 Å². The van der Waals surface area contributed by atoms with Crippen LogP contribution >= 0.6 is 0 Å². The summed E-state index contributed by atoms with van der Waals surface area (Å²) in [5.74, 6) is 1.60. The van der Waals surface area contributed by atoms with Crippen molar-refractivity contribution in [1.82, 2.24) is 0 Å². The van der Waals surface area contributed by atoms with Crippen LogP contribution in [-0.2, 0) is 15.0 Å². The molecule has 0 bridgehead atoms. The van der Waals surface area contributed by atoms with Gasteiger partial charge in [0.1, 0.15) is 22.9 Å². The highest BCUT2D eigenvalue weighted by Gasteiger charge is 2.48. The molecule has 0 aromatic heterocycles. The molecule has 2 unspecified atom stereocenters. The van der Waals surface area contributed by atoms with Crippen molar-refractivity contribution < 1.29 is 19.1 Å². The predicted molar refractivity (Wildman–Crippen MR) is 119 cm³/mol. The largest absolute Gasteiger partial charge is 0.487 e. The highest BCUT2D eigenvalue weighted by atomic mass is 16.5. The second-order valence-electron chi connectivity index (χ2n) is 10.4. The molecule has 1 aliphatic carbocycles. The summed E-state index contributed by atoms with van der Waals surface area (Å²) in [6.45, 7) is 12.4. The molecule has 1 aromatic rings. The van der Waals surface area contributed by atoms with E-state index in [1.54, 1.807) is 0 Å². The molecular weight excluding hydrogens is 376 g/mol. The van der Waals surface area contributed by atoms with E-state index in [0.717, 1.165) is 29.7 Å². The zero-order valence-corrected chi connectivity index (χ0v) is 19.6. The second-order valence-corrected chi connectivity index (χ2v) is 10.4. The van der Waals surface area contributed by atoms with Gasteiger partial charge in [-0.05, 0) is 49.8 Å². The molecular formula is C26H38O4. The molecule has 3 rings (SSSR count). The highest BCUT2D eigenvalue weighted by molar-refractivity contribution is 5.81. The van der Waals surface area contributed by atoms with Gasteiger partial charge in [0.05, 0.1) is 0 Å². The molecule has 4 nitrogen and oxygen atoms in total. The number of hydrogen-bond acceptors (Lipinski definition) is 4. The van der Waals surface area contributed by atoms with Crippen molar-refractivity contribution in [3.05, 3.63) is 23.3 Å². The van der Waals surface area contributed by atoms with Gasteiger partial charge in [-0.1, -0.05) is 46.5 Å². The Hall–Kier alpha value is -1.84. The van der Waals surface area contributed by atoms with Crippen LogP contribution in [0.4, 0.5) is 0 Å². The van der Waals surface area contributed by atoms with E-state index in [1.165, 1.54) is 32.6 Å². The minimum absolute atomic E-state index is 0.0427. The topological polar surface area (TPSA) is 52.6 Å². The molecule has 4 heteroatoms. The fourth-order valence-electron chi connectivity index (χ4n) is 5.32. The first-order valence-corrected chi connectivity index (χ1v) is 11.6. The highest BCUT2D eigenvalue weighted by Crippen LogP contribution is 2.54. The number of unbranched alkanes of at least 4 members (excludes halogenated alkanes) is 3. The number of rotatable bonds is 7. The molecule has 2 atom stereocenters. The number of carbonyl (C=O) groups excluding carboxylic acids is 2. The number of benzene rings is 1. The Kier molecular flexibility index (Phi) is 6.64. The molecule has 2 aliphatic rings. The predicted octanol–water partition coefficient (Wildman–Crippen LogP) is 6.48.